The maximum Gasteiger partial charge on any atom is 0.306 e. The van der Waals surface area contributed by atoms with E-state index in [1.54, 1.807) is 33.2 Å². The molecule has 0 fully saturated rings. The van der Waals surface area contributed by atoms with E-state index in [9.17, 15) is 9.59 Å². The molecular formula is C12H18N4O3. The van der Waals surface area contributed by atoms with Gasteiger partial charge in [-0.3, -0.25) is 9.59 Å². The van der Waals surface area contributed by atoms with Gasteiger partial charge < -0.3 is 15.3 Å². The van der Waals surface area contributed by atoms with Gasteiger partial charge in [-0.25, -0.2) is 0 Å². The van der Waals surface area contributed by atoms with E-state index >= 15 is 0 Å². The number of hydrogen-bond donors (Lipinski definition) is 2. The molecule has 0 aromatic carbocycles. The Morgan fingerprint density at radius 2 is 2.05 bits per heavy atom. The molecule has 1 unspecified atom stereocenters. The maximum atomic E-state index is 11.6. The Morgan fingerprint density at radius 3 is 2.53 bits per heavy atom. The fourth-order valence-electron chi connectivity index (χ4n) is 1.31. The summed E-state index contributed by atoms with van der Waals surface area (Å²) < 4.78 is 0. The maximum absolute atomic E-state index is 11.6. The molecule has 0 saturated carbocycles. The summed E-state index contributed by atoms with van der Waals surface area (Å²) in [4.78, 5) is 23.6. The van der Waals surface area contributed by atoms with E-state index < -0.39 is 11.9 Å². The molecule has 19 heavy (non-hydrogen) atoms. The molecule has 7 nitrogen and oxygen atoms in total. The SMILES string of the molecule is CC(CCNc1ccc(C(=O)N(C)C)nn1)C(=O)O. The molecule has 7 heteroatoms. The third kappa shape index (κ3) is 4.53. The van der Waals surface area contributed by atoms with Crippen LogP contribution < -0.4 is 5.32 Å². The number of rotatable bonds is 6. The highest BCUT2D eigenvalue weighted by atomic mass is 16.4. The number of nitrogens with one attached hydrogen (secondary N) is 1. The van der Waals surface area contributed by atoms with Crippen molar-refractivity contribution >= 4 is 17.7 Å². The number of hydrogen-bond acceptors (Lipinski definition) is 5. The number of carbonyl (C=O) groups is 2. The highest BCUT2D eigenvalue weighted by Crippen LogP contribution is 2.06. The minimum Gasteiger partial charge on any atom is -0.481 e. The lowest BCUT2D eigenvalue weighted by molar-refractivity contribution is -0.141. The molecule has 1 aromatic rings. The summed E-state index contributed by atoms with van der Waals surface area (Å²) in [6.07, 6.45) is 0.495. The van der Waals surface area contributed by atoms with Gasteiger partial charge in [-0.1, -0.05) is 6.92 Å². The van der Waals surface area contributed by atoms with Crippen LogP contribution in [0.15, 0.2) is 12.1 Å². The third-order valence-corrected chi connectivity index (χ3v) is 2.59. The summed E-state index contributed by atoms with van der Waals surface area (Å²) in [5.41, 5.74) is 0.273. The van der Waals surface area contributed by atoms with Gasteiger partial charge in [-0.15, -0.1) is 10.2 Å². The second kappa shape index (κ2) is 6.67. The normalized spacial score (nSPS) is 11.7. The summed E-state index contributed by atoms with van der Waals surface area (Å²) in [5.74, 6) is -0.915. The molecule has 104 valence electrons. The third-order valence-electron chi connectivity index (χ3n) is 2.59. The summed E-state index contributed by atoms with van der Waals surface area (Å²) in [6, 6.07) is 3.23. The van der Waals surface area contributed by atoms with Crippen molar-refractivity contribution in [1.29, 1.82) is 0 Å². The molecule has 0 radical (unpaired) electrons. The molecule has 1 rings (SSSR count). The van der Waals surface area contributed by atoms with Crippen LogP contribution in [0.2, 0.25) is 0 Å². The number of amides is 1. The predicted molar refractivity (Wildman–Crippen MR) is 70.0 cm³/mol. The monoisotopic (exact) mass is 266 g/mol. The number of carboxylic acid groups (broad SMARTS) is 1. The van der Waals surface area contributed by atoms with Crippen LogP contribution in [0.1, 0.15) is 23.8 Å². The van der Waals surface area contributed by atoms with Gasteiger partial charge in [-0.05, 0) is 18.6 Å². The van der Waals surface area contributed by atoms with Crippen LogP contribution >= 0.6 is 0 Å². The molecule has 0 saturated heterocycles. The van der Waals surface area contributed by atoms with Crippen LogP contribution in [0.5, 0.6) is 0 Å². The fourth-order valence-corrected chi connectivity index (χ4v) is 1.31. The molecule has 1 amide bonds. The van der Waals surface area contributed by atoms with E-state index in [2.05, 4.69) is 15.5 Å². The Bertz CT molecular complexity index is 445. The van der Waals surface area contributed by atoms with Crippen molar-refractivity contribution in [2.45, 2.75) is 13.3 Å². The first-order valence-corrected chi connectivity index (χ1v) is 5.94. The van der Waals surface area contributed by atoms with Crippen LogP contribution in [0.25, 0.3) is 0 Å². The standard InChI is InChI=1S/C12H18N4O3/c1-8(12(18)19)6-7-13-10-5-4-9(14-15-10)11(17)16(2)3/h4-5,8H,6-7H2,1-3H3,(H,13,15)(H,18,19). The van der Waals surface area contributed by atoms with E-state index in [0.29, 0.717) is 18.8 Å². The van der Waals surface area contributed by atoms with Crippen molar-refractivity contribution in [3.63, 3.8) is 0 Å². The zero-order valence-electron chi connectivity index (χ0n) is 11.3. The molecule has 1 heterocycles. The van der Waals surface area contributed by atoms with Gasteiger partial charge in [0.05, 0.1) is 5.92 Å². The van der Waals surface area contributed by atoms with Crippen LogP contribution in [0, 0.1) is 5.92 Å². The molecule has 0 aliphatic rings. The molecule has 0 aliphatic heterocycles. The first-order valence-electron chi connectivity index (χ1n) is 5.94. The lowest BCUT2D eigenvalue weighted by Crippen LogP contribution is -2.23. The van der Waals surface area contributed by atoms with E-state index in [1.807, 2.05) is 0 Å². The zero-order chi connectivity index (χ0) is 14.4. The topological polar surface area (TPSA) is 95.4 Å². The minimum absolute atomic E-state index is 0.210. The summed E-state index contributed by atoms with van der Waals surface area (Å²) in [7, 11) is 3.28. The van der Waals surface area contributed by atoms with Gasteiger partial charge in [-0.2, -0.15) is 0 Å². The second-order valence-corrected chi connectivity index (χ2v) is 4.46. The lowest BCUT2D eigenvalue weighted by atomic mass is 10.1. The van der Waals surface area contributed by atoms with Crippen LogP contribution in [0.4, 0.5) is 5.82 Å². The number of aromatic nitrogens is 2. The van der Waals surface area contributed by atoms with Crippen LogP contribution in [0.3, 0.4) is 0 Å². The Morgan fingerprint density at radius 1 is 1.37 bits per heavy atom. The number of aliphatic carboxylic acids is 1. The lowest BCUT2D eigenvalue weighted by Gasteiger charge is -2.10. The number of carboxylic acids is 1. The zero-order valence-corrected chi connectivity index (χ0v) is 11.3. The van der Waals surface area contributed by atoms with Gasteiger partial charge in [0.2, 0.25) is 0 Å². The van der Waals surface area contributed by atoms with Crippen molar-refractivity contribution in [2.24, 2.45) is 5.92 Å². The van der Waals surface area contributed by atoms with Gasteiger partial charge in [0.15, 0.2) is 5.69 Å². The molecule has 0 aliphatic carbocycles. The Kier molecular flexibility index (Phi) is 5.23. The Labute approximate surface area is 111 Å². The first-order chi connectivity index (χ1) is 8.91. The smallest absolute Gasteiger partial charge is 0.306 e. The minimum atomic E-state index is -0.820. The van der Waals surface area contributed by atoms with Gasteiger partial charge in [0.25, 0.3) is 5.91 Å². The number of carbonyl (C=O) groups excluding carboxylic acids is 1. The van der Waals surface area contributed by atoms with E-state index in [4.69, 9.17) is 5.11 Å². The molecule has 0 spiro atoms. The van der Waals surface area contributed by atoms with Gasteiger partial charge in [0, 0.05) is 20.6 Å². The molecular weight excluding hydrogens is 248 g/mol. The van der Waals surface area contributed by atoms with Crippen LogP contribution in [-0.4, -0.2) is 52.7 Å². The van der Waals surface area contributed by atoms with Gasteiger partial charge >= 0.3 is 5.97 Å². The van der Waals surface area contributed by atoms with Crippen molar-refractivity contribution < 1.29 is 14.7 Å². The Balaban J connectivity index is 2.49. The predicted octanol–water partition coefficient (Wildman–Crippen LogP) is 0.701. The molecule has 2 N–H and O–H groups in total. The molecule has 1 atom stereocenters. The molecule has 1 aromatic heterocycles. The fraction of sp³-hybridized carbons (Fsp3) is 0.500. The van der Waals surface area contributed by atoms with E-state index in [1.165, 1.54) is 4.90 Å². The highest BCUT2D eigenvalue weighted by molar-refractivity contribution is 5.91. The van der Waals surface area contributed by atoms with Crippen molar-refractivity contribution in [3.8, 4) is 0 Å². The van der Waals surface area contributed by atoms with Crippen LogP contribution in [-0.2, 0) is 4.79 Å². The highest BCUT2D eigenvalue weighted by Gasteiger charge is 2.11. The largest absolute Gasteiger partial charge is 0.481 e. The van der Waals surface area contributed by atoms with E-state index in [-0.39, 0.29) is 11.6 Å². The van der Waals surface area contributed by atoms with Crippen molar-refractivity contribution in [2.75, 3.05) is 26.0 Å². The average Bonchev–Trinajstić information content (AvgIpc) is 2.38. The quantitative estimate of drug-likeness (QED) is 0.787. The Hall–Kier alpha value is -2.18. The van der Waals surface area contributed by atoms with Crippen molar-refractivity contribution in [3.05, 3.63) is 17.8 Å². The summed E-state index contributed by atoms with van der Waals surface area (Å²) >= 11 is 0. The van der Waals surface area contributed by atoms with E-state index in [0.717, 1.165) is 0 Å². The second-order valence-electron chi connectivity index (χ2n) is 4.46. The van der Waals surface area contributed by atoms with Gasteiger partial charge in [0.1, 0.15) is 5.82 Å². The average molecular weight is 266 g/mol. The first kappa shape index (κ1) is 14.9. The molecule has 0 bridgehead atoms. The number of anilines is 1. The number of nitrogens with zero attached hydrogens (tertiary/aromatic N) is 3. The summed E-state index contributed by atoms with van der Waals surface area (Å²) in [6.45, 7) is 2.14. The van der Waals surface area contributed by atoms with Crippen molar-refractivity contribution in [1.82, 2.24) is 15.1 Å². The summed E-state index contributed by atoms with van der Waals surface area (Å²) in [5, 5.41) is 19.4.